The molecule has 0 aliphatic rings. The highest BCUT2D eigenvalue weighted by atomic mass is 35.5. The Hall–Kier alpha value is -1.39. The van der Waals surface area contributed by atoms with E-state index in [1.165, 1.54) is 18.4 Å². The van der Waals surface area contributed by atoms with Crippen LogP contribution in [0.4, 0.5) is 4.39 Å². The van der Waals surface area contributed by atoms with Crippen LogP contribution in [0.5, 0.6) is 0 Å². The van der Waals surface area contributed by atoms with Crippen molar-refractivity contribution < 1.29 is 8.81 Å². The first-order chi connectivity index (χ1) is 6.79. The van der Waals surface area contributed by atoms with Gasteiger partial charge in [0, 0.05) is 12.1 Å². The van der Waals surface area contributed by atoms with E-state index in [2.05, 4.69) is 4.98 Å². The van der Waals surface area contributed by atoms with E-state index in [0.717, 1.165) is 0 Å². The number of rotatable bonds is 2. The first kappa shape index (κ1) is 11.7. The van der Waals surface area contributed by atoms with E-state index in [1.807, 2.05) is 0 Å². The number of halogens is 2. The van der Waals surface area contributed by atoms with Crippen LogP contribution in [-0.2, 0) is 6.54 Å². The number of nitrogens with zero attached hydrogens (tertiary/aromatic N) is 1. The minimum atomic E-state index is -0.310. The van der Waals surface area contributed by atoms with Crippen molar-refractivity contribution in [1.82, 2.24) is 4.98 Å². The predicted octanol–water partition coefficient (Wildman–Crippen LogP) is 2.36. The SMILES string of the molecule is Cl.NCc1coc(-c2cccc(F)c2)n1. The Bertz CT molecular complexity index is 444. The molecule has 0 aliphatic heterocycles. The molecule has 0 bridgehead atoms. The molecule has 0 saturated carbocycles. The zero-order chi connectivity index (χ0) is 9.97. The first-order valence-corrected chi connectivity index (χ1v) is 4.20. The van der Waals surface area contributed by atoms with Gasteiger partial charge in [-0.25, -0.2) is 9.37 Å². The smallest absolute Gasteiger partial charge is 0.226 e. The Morgan fingerprint density at radius 2 is 2.20 bits per heavy atom. The quantitative estimate of drug-likeness (QED) is 0.859. The maximum atomic E-state index is 12.8. The van der Waals surface area contributed by atoms with Crippen molar-refractivity contribution in [3.63, 3.8) is 0 Å². The summed E-state index contributed by atoms with van der Waals surface area (Å²) in [6.07, 6.45) is 1.47. The number of benzene rings is 1. The van der Waals surface area contributed by atoms with Crippen LogP contribution in [0.25, 0.3) is 11.5 Å². The lowest BCUT2D eigenvalue weighted by atomic mass is 10.2. The molecular formula is C10H10ClFN2O. The van der Waals surface area contributed by atoms with Gasteiger partial charge in [0.25, 0.3) is 0 Å². The van der Waals surface area contributed by atoms with Crippen LogP contribution < -0.4 is 5.73 Å². The van der Waals surface area contributed by atoms with E-state index in [0.29, 0.717) is 23.7 Å². The molecular weight excluding hydrogens is 219 g/mol. The summed E-state index contributed by atoms with van der Waals surface area (Å²) in [5.74, 6) is 0.0833. The standard InChI is InChI=1S/C10H9FN2O.ClH/c11-8-3-1-2-7(4-8)10-13-9(5-12)6-14-10;/h1-4,6H,5,12H2;1H. The number of aromatic nitrogens is 1. The fourth-order valence-electron chi connectivity index (χ4n) is 1.15. The number of hydrogen-bond donors (Lipinski definition) is 1. The van der Waals surface area contributed by atoms with Crippen molar-refractivity contribution in [2.24, 2.45) is 5.73 Å². The van der Waals surface area contributed by atoms with Gasteiger partial charge in [0.15, 0.2) is 0 Å². The first-order valence-electron chi connectivity index (χ1n) is 4.20. The van der Waals surface area contributed by atoms with Gasteiger partial charge in [-0.05, 0) is 18.2 Å². The van der Waals surface area contributed by atoms with Crippen LogP contribution in [0.2, 0.25) is 0 Å². The molecule has 2 N–H and O–H groups in total. The minimum Gasteiger partial charge on any atom is -0.444 e. The fraction of sp³-hybridized carbons (Fsp3) is 0.100. The van der Waals surface area contributed by atoms with Gasteiger partial charge in [-0.15, -0.1) is 12.4 Å². The van der Waals surface area contributed by atoms with E-state index in [1.54, 1.807) is 12.1 Å². The lowest BCUT2D eigenvalue weighted by Crippen LogP contribution is -1.95. The topological polar surface area (TPSA) is 52.0 Å². The highest BCUT2D eigenvalue weighted by molar-refractivity contribution is 5.85. The maximum Gasteiger partial charge on any atom is 0.226 e. The van der Waals surface area contributed by atoms with Crippen LogP contribution >= 0.6 is 12.4 Å². The number of oxazole rings is 1. The predicted molar refractivity (Wildman–Crippen MR) is 57.0 cm³/mol. The van der Waals surface area contributed by atoms with Crippen molar-refractivity contribution in [1.29, 1.82) is 0 Å². The molecule has 15 heavy (non-hydrogen) atoms. The van der Waals surface area contributed by atoms with E-state index >= 15 is 0 Å². The molecule has 1 aromatic carbocycles. The van der Waals surface area contributed by atoms with Gasteiger partial charge in [-0.2, -0.15) is 0 Å². The zero-order valence-corrected chi connectivity index (χ0v) is 8.63. The van der Waals surface area contributed by atoms with Crippen molar-refractivity contribution in [3.8, 4) is 11.5 Å². The van der Waals surface area contributed by atoms with Gasteiger partial charge in [0.1, 0.15) is 12.1 Å². The normalized spacial score (nSPS) is 9.73. The van der Waals surface area contributed by atoms with Crippen molar-refractivity contribution in [2.75, 3.05) is 0 Å². The summed E-state index contributed by atoms with van der Waals surface area (Å²) >= 11 is 0. The molecule has 1 aromatic heterocycles. The van der Waals surface area contributed by atoms with Crippen LogP contribution in [-0.4, -0.2) is 4.98 Å². The van der Waals surface area contributed by atoms with Gasteiger partial charge < -0.3 is 10.2 Å². The summed E-state index contributed by atoms with van der Waals surface area (Å²) in [6, 6.07) is 6.08. The molecule has 0 radical (unpaired) electrons. The molecule has 0 spiro atoms. The summed E-state index contributed by atoms with van der Waals surface area (Å²) in [7, 11) is 0. The number of nitrogens with two attached hydrogens (primary N) is 1. The van der Waals surface area contributed by atoms with Crippen molar-refractivity contribution in [3.05, 3.63) is 42.0 Å². The van der Waals surface area contributed by atoms with Crippen LogP contribution in [0.1, 0.15) is 5.69 Å². The molecule has 0 fully saturated rings. The summed E-state index contributed by atoms with van der Waals surface area (Å²) < 4.78 is 18.0. The molecule has 1 heterocycles. The summed E-state index contributed by atoms with van der Waals surface area (Å²) in [4.78, 5) is 4.08. The molecule has 2 aromatic rings. The molecule has 5 heteroatoms. The largest absolute Gasteiger partial charge is 0.444 e. The highest BCUT2D eigenvalue weighted by Gasteiger charge is 2.05. The number of hydrogen-bond acceptors (Lipinski definition) is 3. The Morgan fingerprint density at radius 3 is 2.80 bits per heavy atom. The average molecular weight is 229 g/mol. The second-order valence-corrected chi connectivity index (χ2v) is 2.86. The van der Waals surface area contributed by atoms with E-state index in [-0.39, 0.29) is 18.2 Å². The maximum absolute atomic E-state index is 12.8. The van der Waals surface area contributed by atoms with Crippen molar-refractivity contribution in [2.45, 2.75) is 6.54 Å². The molecule has 0 aliphatic carbocycles. The third-order valence-electron chi connectivity index (χ3n) is 1.83. The van der Waals surface area contributed by atoms with E-state index in [9.17, 15) is 4.39 Å². The van der Waals surface area contributed by atoms with Crippen molar-refractivity contribution >= 4 is 12.4 Å². The minimum absolute atomic E-state index is 0. The average Bonchev–Trinajstić information content (AvgIpc) is 2.66. The van der Waals surface area contributed by atoms with Gasteiger partial charge in [-0.3, -0.25) is 0 Å². The zero-order valence-electron chi connectivity index (χ0n) is 7.81. The Labute approximate surface area is 92.5 Å². The van der Waals surface area contributed by atoms with Crippen LogP contribution in [0, 0.1) is 5.82 Å². The van der Waals surface area contributed by atoms with E-state index < -0.39 is 0 Å². The monoisotopic (exact) mass is 228 g/mol. The van der Waals surface area contributed by atoms with Crippen LogP contribution in [0.15, 0.2) is 34.9 Å². The van der Waals surface area contributed by atoms with Gasteiger partial charge in [-0.1, -0.05) is 6.07 Å². The van der Waals surface area contributed by atoms with Crippen LogP contribution in [0.3, 0.4) is 0 Å². The highest BCUT2D eigenvalue weighted by Crippen LogP contribution is 2.18. The second kappa shape index (κ2) is 4.91. The van der Waals surface area contributed by atoms with E-state index in [4.69, 9.17) is 10.2 Å². The Balaban J connectivity index is 0.00000112. The molecule has 0 amide bonds. The molecule has 0 atom stereocenters. The fourth-order valence-corrected chi connectivity index (χ4v) is 1.15. The molecule has 0 unspecified atom stereocenters. The van der Waals surface area contributed by atoms with Gasteiger partial charge in [0.2, 0.25) is 5.89 Å². The third kappa shape index (κ3) is 2.55. The Kier molecular flexibility index (Phi) is 3.82. The van der Waals surface area contributed by atoms with Gasteiger partial charge >= 0.3 is 0 Å². The summed E-state index contributed by atoms with van der Waals surface area (Å²) in [5.41, 5.74) is 6.65. The van der Waals surface area contributed by atoms with Gasteiger partial charge in [0.05, 0.1) is 5.69 Å². The summed E-state index contributed by atoms with van der Waals surface area (Å²) in [6.45, 7) is 0.318. The molecule has 80 valence electrons. The lowest BCUT2D eigenvalue weighted by molar-refractivity contribution is 0.570. The second-order valence-electron chi connectivity index (χ2n) is 2.86. The summed E-state index contributed by atoms with van der Waals surface area (Å²) in [5, 5.41) is 0. The molecule has 2 rings (SSSR count). The molecule has 0 saturated heterocycles. The lowest BCUT2D eigenvalue weighted by Gasteiger charge is -1.93. The molecule has 3 nitrogen and oxygen atoms in total. The third-order valence-corrected chi connectivity index (χ3v) is 1.83. The Morgan fingerprint density at radius 1 is 1.40 bits per heavy atom.